The van der Waals surface area contributed by atoms with Crippen LogP contribution in [0.15, 0.2) is 53.1 Å². The fourth-order valence-electron chi connectivity index (χ4n) is 1.87. The van der Waals surface area contributed by atoms with Crippen LogP contribution in [-0.2, 0) is 14.9 Å². The number of hydrogen-bond acceptors (Lipinski definition) is 5. The van der Waals surface area contributed by atoms with Crippen LogP contribution in [0, 0.1) is 28.8 Å². The van der Waals surface area contributed by atoms with Gasteiger partial charge in [-0.05, 0) is 30.3 Å². The van der Waals surface area contributed by atoms with E-state index in [4.69, 9.17) is 9.81 Å². The third-order valence-electron chi connectivity index (χ3n) is 3.16. The van der Waals surface area contributed by atoms with Crippen LogP contribution in [0.5, 0.6) is 0 Å². The van der Waals surface area contributed by atoms with E-state index in [0.717, 1.165) is 24.4 Å². The summed E-state index contributed by atoms with van der Waals surface area (Å²) in [6.07, 6.45) is 0.762. The Morgan fingerprint density at radius 1 is 1.15 bits per heavy atom. The number of amides is 1. The van der Waals surface area contributed by atoms with Gasteiger partial charge in [-0.2, -0.15) is 13.7 Å². The van der Waals surface area contributed by atoms with Gasteiger partial charge in [0.25, 0.3) is 16.0 Å². The summed E-state index contributed by atoms with van der Waals surface area (Å²) < 4.78 is 70.7. The fourth-order valence-corrected chi connectivity index (χ4v) is 2.40. The summed E-state index contributed by atoms with van der Waals surface area (Å²) in [6, 6.07) is 7.60. The number of nitrogens with zero attached hydrogens (tertiary/aromatic N) is 1. The zero-order valence-corrected chi connectivity index (χ0v) is 14.0. The van der Waals surface area contributed by atoms with Crippen molar-refractivity contribution in [1.82, 2.24) is 0 Å². The Labute approximate surface area is 151 Å². The number of anilines is 2. The smallest absolute Gasteiger partial charge is 0.294 e. The van der Waals surface area contributed by atoms with Gasteiger partial charge in [-0.1, -0.05) is 6.07 Å². The van der Waals surface area contributed by atoms with Crippen LogP contribution in [0.25, 0.3) is 0 Å². The molecule has 2 aromatic rings. The average Bonchev–Trinajstić information content (AvgIpc) is 2.61. The molecule has 0 spiro atoms. The van der Waals surface area contributed by atoms with Gasteiger partial charge < -0.3 is 10.6 Å². The summed E-state index contributed by atoms with van der Waals surface area (Å²) >= 11 is 0. The van der Waals surface area contributed by atoms with Crippen LogP contribution in [0.1, 0.15) is 0 Å². The zero-order chi connectivity index (χ0) is 20.2. The topological polar surface area (TPSA) is 119 Å². The standard InChI is InChI=1S/C16H10F3N3O4S/c17-12-4-5-13(15(19)14(12)18)21-8-9(7-20)16(23)22-10-2-1-3-11(6-10)27(24,25)26/h1-6,8,21H,(H,22,23)(H,24,25,26)/b9-8-. The molecule has 0 saturated heterocycles. The Hall–Kier alpha value is -3.36. The molecule has 0 radical (unpaired) electrons. The molecule has 0 atom stereocenters. The van der Waals surface area contributed by atoms with Gasteiger partial charge in [0.15, 0.2) is 17.5 Å². The predicted molar refractivity (Wildman–Crippen MR) is 88.5 cm³/mol. The highest BCUT2D eigenvalue weighted by atomic mass is 32.2. The third kappa shape index (κ3) is 4.84. The molecular weight excluding hydrogens is 387 g/mol. The molecule has 0 fully saturated rings. The van der Waals surface area contributed by atoms with E-state index in [-0.39, 0.29) is 5.69 Å². The van der Waals surface area contributed by atoms with Crippen molar-refractivity contribution >= 4 is 27.4 Å². The van der Waals surface area contributed by atoms with Crippen molar-refractivity contribution < 1.29 is 30.9 Å². The molecule has 140 valence electrons. The molecule has 0 saturated carbocycles. The number of benzene rings is 2. The van der Waals surface area contributed by atoms with Crippen molar-refractivity contribution in [3.8, 4) is 6.07 Å². The zero-order valence-electron chi connectivity index (χ0n) is 13.2. The van der Waals surface area contributed by atoms with Gasteiger partial charge in [0, 0.05) is 11.9 Å². The molecule has 2 rings (SSSR count). The Morgan fingerprint density at radius 3 is 2.48 bits per heavy atom. The summed E-state index contributed by atoms with van der Waals surface area (Å²) in [5.41, 5.74) is -1.13. The molecule has 0 aliphatic rings. The lowest BCUT2D eigenvalue weighted by Crippen LogP contribution is -2.15. The molecule has 7 nitrogen and oxygen atoms in total. The summed E-state index contributed by atoms with van der Waals surface area (Å²) in [7, 11) is -4.50. The van der Waals surface area contributed by atoms with Gasteiger partial charge >= 0.3 is 0 Å². The number of hydrogen-bond donors (Lipinski definition) is 3. The van der Waals surface area contributed by atoms with Gasteiger partial charge in [-0.25, -0.2) is 13.2 Å². The van der Waals surface area contributed by atoms with E-state index in [2.05, 4.69) is 10.6 Å². The molecule has 0 aliphatic heterocycles. The number of nitriles is 1. The number of rotatable bonds is 5. The highest BCUT2D eigenvalue weighted by Gasteiger charge is 2.15. The van der Waals surface area contributed by atoms with Gasteiger partial charge in [0.05, 0.1) is 10.6 Å². The second-order valence-electron chi connectivity index (χ2n) is 4.99. The average molecular weight is 397 g/mol. The molecule has 0 aliphatic carbocycles. The van der Waals surface area contributed by atoms with E-state index in [9.17, 15) is 26.4 Å². The highest BCUT2D eigenvalue weighted by molar-refractivity contribution is 7.85. The minimum absolute atomic E-state index is 0.0460. The van der Waals surface area contributed by atoms with Gasteiger partial charge in [0.1, 0.15) is 11.6 Å². The first-order valence-corrected chi connectivity index (χ1v) is 8.46. The van der Waals surface area contributed by atoms with Crippen molar-refractivity contribution in [1.29, 1.82) is 5.26 Å². The number of nitrogens with one attached hydrogen (secondary N) is 2. The molecule has 27 heavy (non-hydrogen) atoms. The molecule has 0 aromatic heterocycles. The Balaban J connectivity index is 2.21. The lowest BCUT2D eigenvalue weighted by atomic mass is 10.2. The Kier molecular flexibility index (Phi) is 5.84. The van der Waals surface area contributed by atoms with Crippen molar-refractivity contribution in [2.75, 3.05) is 10.6 Å². The number of carbonyl (C=O) groups excluding carboxylic acids is 1. The summed E-state index contributed by atoms with van der Waals surface area (Å²) in [6.45, 7) is 0. The number of halogens is 3. The number of carbonyl (C=O) groups is 1. The lowest BCUT2D eigenvalue weighted by Gasteiger charge is -2.07. The van der Waals surface area contributed by atoms with E-state index >= 15 is 0 Å². The minimum Gasteiger partial charge on any atom is -0.358 e. The Bertz CT molecular complexity index is 1080. The van der Waals surface area contributed by atoms with E-state index in [1.807, 2.05) is 0 Å². The molecule has 0 heterocycles. The van der Waals surface area contributed by atoms with Crippen LogP contribution in [0.2, 0.25) is 0 Å². The summed E-state index contributed by atoms with van der Waals surface area (Å²) in [5, 5.41) is 13.4. The van der Waals surface area contributed by atoms with Crippen LogP contribution in [-0.4, -0.2) is 18.9 Å². The van der Waals surface area contributed by atoms with E-state index < -0.39 is 49.6 Å². The minimum atomic E-state index is -4.50. The monoisotopic (exact) mass is 397 g/mol. The van der Waals surface area contributed by atoms with Crippen LogP contribution in [0.4, 0.5) is 24.5 Å². The maximum Gasteiger partial charge on any atom is 0.294 e. The Morgan fingerprint density at radius 2 is 1.85 bits per heavy atom. The quantitative estimate of drug-likeness (QED) is 0.309. The molecule has 2 aromatic carbocycles. The molecular formula is C16H10F3N3O4S. The van der Waals surface area contributed by atoms with Gasteiger partial charge in [0.2, 0.25) is 0 Å². The van der Waals surface area contributed by atoms with Crippen molar-refractivity contribution in [2.24, 2.45) is 0 Å². The second-order valence-corrected chi connectivity index (χ2v) is 6.42. The lowest BCUT2D eigenvalue weighted by molar-refractivity contribution is -0.112. The second kappa shape index (κ2) is 7.90. The molecule has 3 N–H and O–H groups in total. The normalized spacial score (nSPS) is 11.6. The molecule has 0 bridgehead atoms. The molecule has 1 amide bonds. The van der Waals surface area contributed by atoms with E-state index in [0.29, 0.717) is 6.07 Å². The van der Waals surface area contributed by atoms with Crippen LogP contribution < -0.4 is 10.6 Å². The fraction of sp³-hybridized carbons (Fsp3) is 0. The maximum atomic E-state index is 13.6. The summed E-state index contributed by atoms with van der Waals surface area (Å²) in [5.74, 6) is -5.66. The van der Waals surface area contributed by atoms with Crippen molar-refractivity contribution in [2.45, 2.75) is 4.90 Å². The van der Waals surface area contributed by atoms with Gasteiger partial charge in [-0.3, -0.25) is 9.35 Å². The molecule has 0 unspecified atom stereocenters. The van der Waals surface area contributed by atoms with E-state index in [1.54, 1.807) is 0 Å². The first-order valence-electron chi connectivity index (χ1n) is 7.02. The van der Waals surface area contributed by atoms with Crippen molar-refractivity contribution in [3.05, 3.63) is 65.6 Å². The summed E-state index contributed by atoms with van der Waals surface area (Å²) in [4.78, 5) is 11.6. The predicted octanol–water partition coefficient (Wildman–Crippen LogP) is 2.81. The van der Waals surface area contributed by atoms with Crippen molar-refractivity contribution in [3.63, 3.8) is 0 Å². The first-order chi connectivity index (χ1) is 12.6. The highest BCUT2D eigenvalue weighted by Crippen LogP contribution is 2.20. The maximum absolute atomic E-state index is 13.6. The SMILES string of the molecule is N#C/C(=C/Nc1ccc(F)c(F)c1F)C(=O)Nc1cccc(S(=O)(=O)O)c1. The van der Waals surface area contributed by atoms with Crippen LogP contribution >= 0.6 is 0 Å². The first kappa shape index (κ1) is 20.0. The van der Waals surface area contributed by atoms with Gasteiger partial charge in [-0.15, -0.1) is 0 Å². The largest absolute Gasteiger partial charge is 0.358 e. The van der Waals surface area contributed by atoms with E-state index in [1.165, 1.54) is 18.2 Å². The van der Waals surface area contributed by atoms with Crippen LogP contribution in [0.3, 0.4) is 0 Å². The third-order valence-corrected chi connectivity index (χ3v) is 4.01. The molecule has 11 heteroatoms.